The van der Waals surface area contributed by atoms with Crippen LogP contribution in [-0.4, -0.2) is 42.4 Å². The summed E-state index contributed by atoms with van der Waals surface area (Å²) >= 11 is 1.46. The van der Waals surface area contributed by atoms with Crippen molar-refractivity contribution < 1.29 is 19.1 Å². The quantitative estimate of drug-likeness (QED) is 0.750. The molecule has 7 heteroatoms. The van der Waals surface area contributed by atoms with Crippen molar-refractivity contribution >= 4 is 23.7 Å². The van der Waals surface area contributed by atoms with Gasteiger partial charge in [0, 0.05) is 11.5 Å². The number of methoxy groups -OCH3 is 1. The zero-order chi connectivity index (χ0) is 15.0. The third-order valence-electron chi connectivity index (χ3n) is 2.34. The van der Waals surface area contributed by atoms with E-state index in [0.717, 1.165) is 5.69 Å². The lowest BCUT2D eigenvalue weighted by Crippen LogP contribution is -2.34. The lowest BCUT2D eigenvalue weighted by molar-refractivity contribution is -0.144. The maximum atomic E-state index is 11.3. The number of carbonyl (C=O) groups excluding carboxylic acids is 2. The number of thioether (sulfide) groups is 1. The molecule has 1 rings (SSSR count). The molecule has 20 heavy (non-hydrogen) atoms. The van der Waals surface area contributed by atoms with Crippen LogP contribution in [0.1, 0.15) is 23.1 Å². The third-order valence-corrected chi connectivity index (χ3v) is 3.43. The molecule has 6 nitrogen and oxygen atoms in total. The molecule has 0 aliphatic carbocycles. The Morgan fingerprint density at radius 2 is 2.20 bits per heavy atom. The molecule has 0 aromatic carbocycles. The molecule has 1 atom stereocenters. The summed E-state index contributed by atoms with van der Waals surface area (Å²) in [5.74, 6) is 0.109. The molecule has 1 aromatic rings. The lowest BCUT2D eigenvalue weighted by atomic mass is 10.3. The van der Waals surface area contributed by atoms with Gasteiger partial charge in [-0.25, -0.2) is 9.78 Å². The van der Waals surface area contributed by atoms with E-state index in [4.69, 9.17) is 10.5 Å². The van der Waals surface area contributed by atoms with Crippen molar-refractivity contribution in [2.75, 3.05) is 19.5 Å². The Labute approximate surface area is 122 Å². The van der Waals surface area contributed by atoms with Gasteiger partial charge in [-0.1, -0.05) is 6.07 Å². The summed E-state index contributed by atoms with van der Waals surface area (Å²) < 4.78 is 9.42. The van der Waals surface area contributed by atoms with E-state index < -0.39 is 18.0 Å². The number of esters is 2. The van der Waals surface area contributed by atoms with Gasteiger partial charge in [-0.2, -0.15) is 11.8 Å². The van der Waals surface area contributed by atoms with Gasteiger partial charge in [0.15, 0.2) is 0 Å². The van der Waals surface area contributed by atoms with Gasteiger partial charge in [0.05, 0.1) is 19.4 Å². The molecule has 0 aliphatic rings. The van der Waals surface area contributed by atoms with E-state index in [2.05, 4.69) is 9.72 Å². The van der Waals surface area contributed by atoms with Gasteiger partial charge in [-0.05, 0) is 19.1 Å². The Balaban J connectivity index is 2.46. The highest BCUT2D eigenvalue weighted by molar-refractivity contribution is 7.98. The van der Waals surface area contributed by atoms with Crippen LogP contribution < -0.4 is 5.73 Å². The standard InChI is InChI=1S/C13H18N2O4S/c1-3-19-12(16)10(14)8-20-7-9-5-4-6-11(15-9)13(17)18-2/h4-6,10H,3,7-8,14H2,1-2H3. The molecule has 0 radical (unpaired) electrons. The minimum atomic E-state index is -0.649. The maximum Gasteiger partial charge on any atom is 0.356 e. The van der Waals surface area contributed by atoms with Crippen molar-refractivity contribution in [3.63, 3.8) is 0 Å². The van der Waals surface area contributed by atoms with Crippen LogP contribution in [0.4, 0.5) is 0 Å². The molecule has 1 aromatic heterocycles. The van der Waals surface area contributed by atoms with E-state index in [1.807, 2.05) is 0 Å². The summed E-state index contributed by atoms with van der Waals surface area (Å²) in [6.07, 6.45) is 0. The monoisotopic (exact) mass is 298 g/mol. The van der Waals surface area contributed by atoms with Crippen LogP contribution in [-0.2, 0) is 20.0 Å². The number of rotatable bonds is 7. The van der Waals surface area contributed by atoms with Crippen molar-refractivity contribution in [2.45, 2.75) is 18.7 Å². The molecule has 1 heterocycles. The van der Waals surface area contributed by atoms with E-state index in [0.29, 0.717) is 18.1 Å². The molecular weight excluding hydrogens is 280 g/mol. The first kappa shape index (κ1) is 16.5. The number of hydrogen-bond acceptors (Lipinski definition) is 7. The highest BCUT2D eigenvalue weighted by Gasteiger charge is 2.14. The van der Waals surface area contributed by atoms with Gasteiger partial charge in [0.25, 0.3) is 0 Å². The maximum absolute atomic E-state index is 11.3. The average molecular weight is 298 g/mol. The Bertz CT molecular complexity index is 467. The molecular formula is C13H18N2O4S. The molecule has 0 aliphatic heterocycles. The van der Waals surface area contributed by atoms with Gasteiger partial charge in [0.1, 0.15) is 11.7 Å². The van der Waals surface area contributed by atoms with Crippen LogP contribution in [0.3, 0.4) is 0 Å². The Morgan fingerprint density at radius 1 is 1.45 bits per heavy atom. The zero-order valence-corrected chi connectivity index (χ0v) is 12.3. The molecule has 1 unspecified atom stereocenters. The second kappa shape index (κ2) is 8.55. The summed E-state index contributed by atoms with van der Waals surface area (Å²) in [7, 11) is 1.31. The topological polar surface area (TPSA) is 91.5 Å². The van der Waals surface area contributed by atoms with E-state index in [1.54, 1.807) is 25.1 Å². The molecule has 0 saturated carbocycles. The SMILES string of the molecule is CCOC(=O)C(N)CSCc1cccc(C(=O)OC)n1. The highest BCUT2D eigenvalue weighted by Crippen LogP contribution is 2.12. The summed E-state index contributed by atoms with van der Waals surface area (Å²) in [4.78, 5) is 26.8. The fraction of sp³-hybridized carbons (Fsp3) is 0.462. The minimum absolute atomic E-state index is 0.264. The Kier molecular flexibility index (Phi) is 7.03. The van der Waals surface area contributed by atoms with Crippen molar-refractivity contribution in [1.29, 1.82) is 0 Å². The van der Waals surface area contributed by atoms with Crippen molar-refractivity contribution in [3.05, 3.63) is 29.6 Å². The number of ether oxygens (including phenoxy) is 2. The molecule has 0 saturated heterocycles. The molecule has 0 spiro atoms. The fourth-order valence-electron chi connectivity index (χ4n) is 1.39. The first-order valence-electron chi connectivity index (χ1n) is 6.12. The van der Waals surface area contributed by atoms with Crippen molar-refractivity contribution in [2.24, 2.45) is 5.73 Å². The Hall–Kier alpha value is -1.60. The highest BCUT2D eigenvalue weighted by atomic mass is 32.2. The fourth-order valence-corrected chi connectivity index (χ4v) is 2.26. The average Bonchev–Trinajstić information content (AvgIpc) is 2.46. The molecule has 0 fully saturated rings. The molecule has 2 N–H and O–H groups in total. The summed E-state index contributed by atoms with van der Waals surface area (Å²) in [6, 6.07) is 4.48. The number of hydrogen-bond donors (Lipinski definition) is 1. The Morgan fingerprint density at radius 3 is 2.85 bits per heavy atom. The van der Waals surface area contributed by atoms with Crippen molar-refractivity contribution in [3.8, 4) is 0 Å². The van der Waals surface area contributed by atoms with E-state index in [9.17, 15) is 9.59 Å². The van der Waals surface area contributed by atoms with Crippen LogP contribution in [0.5, 0.6) is 0 Å². The van der Waals surface area contributed by atoms with Crippen LogP contribution in [0.2, 0.25) is 0 Å². The molecule has 0 bridgehead atoms. The smallest absolute Gasteiger partial charge is 0.356 e. The van der Waals surface area contributed by atoms with Gasteiger partial charge >= 0.3 is 11.9 Å². The van der Waals surface area contributed by atoms with Gasteiger partial charge in [-0.15, -0.1) is 0 Å². The minimum Gasteiger partial charge on any atom is -0.465 e. The zero-order valence-electron chi connectivity index (χ0n) is 11.5. The molecule has 110 valence electrons. The van der Waals surface area contributed by atoms with Crippen molar-refractivity contribution in [1.82, 2.24) is 4.98 Å². The first-order chi connectivity index (χ1) is 9.58. The number of pyridine rings is 1. The van der Waals surface area contributed by atoms with E-state index in [-0.39, 0.29) is 5.69 Å². The van der Waals surface area contributed by atoms with Crippen LogP contribution in [0, 0.1) is 0 Å². The molecule has 0 amide bonds. The second-order valence-electron chi connectivity index (χ2n) is 3.88. The number of carbonyl (C=O) groups is 2. The predicted octanol–water partition coefficient (Wildman–Crippen LogP) is 0.992. The summed E-state index contributed by atoms with van der Waals surface area (Å²) in [5, 5.41) is 0. The van der Waals surface area contributed by atoms with Crippen LogP contribution in [0.25, 0.3) is 0 Å². The van der Waals surface area contributed by atoms with E-state index in [1.165, 1.54) is 18.9 Å². The summed E-state index contributed by atoms with van der Waals surface area (Å²) in [6.45, 7) is 2.06. The normalized spacial score (nSPS) is 11.8. The number of nitrogens with zero attached hydrogens (tertiary/aromatic N) is 1. The number of nitrogens with two attached hydrogens (primary N) is 1. The second-order valence-corrected chi connectivity index (χ2v) is 4.91. The van der Waals surface area contributed by atoms with Crippen LogP contribution >= 0.6 is 11.8 Å². The van der Waals surface area contributed by atoms with E-state index >= 15 is 0 Å². The lowest BCUT2D eigenvalue weighted by Gasteiger charge is -2.10. The summed E-state index contributed by atoms with van der Waals surface area (Å²) in [5.41, 5.74) is 6.67. The van der Waals surface area contributed by atoms with Gasteiger partial charge < -0.3 is 15.2 Å². The van der Waals surface area contributed by atoms with Gasteiger partial charge in [-0.3, -0.25) is 4.79 Å². The third kappa shape index (κ3) is 5.18. The largest absolute Gasteiger partial charge is 0.465 e. The number of aromatic nitrogens is 1. The van der Waals surface area contributed by atoms with Gasteiger partial charge in [0.2, 0.25) is 0 Å². The van der Waals surface area contributed by atoms with Crippen LogP contribution in [0.15, 0.2) is 18.2 Å². The predicted molar refractivity (Wildman–Crippen MR) is 76.3 cm³/mol. The first-order valence-corrected chi connectivity index (χ1v) is 7.28.